The molecule has 20 heavy (non-hydrogen) atoms. The first-order chi connectivity index (χ1) is 9.65. The fraction of sp³-hybridized carbons (Fsp3) is 0.353. The molecule has 1 aromatic heterocycles. The summed E-state index contributed by atoms with van der Waals surface area (Å²) in [4.78, 5) is 6.39. The maximum absolute atomic E-state index is 9.33. The number of aliphatic hydroxyl groups is 1. The molecule has 0 aliphatic rings. The smallest absolute Gasteiger partial charge is 0.0524 e. The van der Waals surface area contributed by atoms with Gasteiger partial charge in [0.05, 0.1) is 6.10 Å². The van der Waals surface area contributed by atoms with Crippen molar-refractivity contribution in [1.29, 1.82) is 0 Å². The highest BCUT2D eigenvalue weighted by Gasteiger charge is 2.04. The summed E-state index contributed by atoms with van der Waals surface area (Å²) in [5.74, 6) is 0. The lowest BCUT2D eigenvalue weighted by Crippen LogP contribution is -2.22. The summed E-state index contributed by atoms with van der Waals surface area (Å²) >= 11 is 0. The van der Waals surface area contributed by atoms with Crippen molar-refractivity contribution in [3.05, 3.63) is 54.4 Å². The van der Waals surface area contributed by atoms with Crippen LogP contribution < -0.4 is 0 Å². The van der Waals surface area contributed by atoms with Crippen LogP contribution in [-0.4, -0.2) is 34.7 Å². The summed E-state index contributed by atoms with van der Waals surface area (Å²) in [6.45, 7) is 3.62. The van der Waals surface area contributed by atoms with Crippen LogP contribution in [0.4, 0.5) is 0 Å². The lowest BCUT2D eigenvalue weighted by Gasteiger charge is -2.18. The van der Waals surface area contributed by atoms with Crippen molar-refractivity contribution >= 4 is 0 Å². The van der Waals surface area contributed by atoms with Gasteiger partial charge in [-0.25, -0.2) is 0 Å². The van der Waals surface area contributed by atoms with E-state index in [2.05, 4.69) is 47.3 Å². The normalized spacial score (nSPS) is 12.6. The Morgan fingerprint density at radius 1 is 1.20 bits per heavy atom. The highest BCUT2D eigenvalue weighted by Crippen LogP contribution is 2.19. The Morgan fingerprint density at radius 3 is 2.70 bits per heavy atom. The van der Waals surface area contributed by atoms with Crippen molar-refractivity contribution in [2.24, 2.45) is 0 Å². The van der Waals surface area contributed by atoms with Crippen LogP contribution in [0, 0.1) is 0 Å². The first-order valence-corrected chi connectivity index (χ1v) is 7.01. The van der Waals surface area contributed by atoms with E-state index in [0.717, 1.165) is 25.1 Å². The van der Waals surface area contributed by atoms with Crippen LogP contribution in [0.25, 0.3) is 11.1 Å². The number of nitrogens with zero attached hydrogens (tertiary/aromatic N) is 2. The highest BCUT2D eigenvalue weighted by atomic mass is 16.3. The van der Waals surface area contributed by atoms with E-state index < -0.39 is 0 Å². The molecule has 0 bridgehead atoms. The molecule has 2 aromatic rings. The first-order valence-electron chi connectivity index (χ1n) is 7.01. The lowest BCUT2D eigenvalue weighted by atomic mass is 10.0. The molecule has 1 aromatic carbocycles. The van der Waals surface area contributed by atoms with Gasteiger partial charge in [-0.3, -0.25) is 4.98 Å². The average molecular weight is 270 g/mol. The van der Waals surface area contributed by atoms with E-state index in [-0.39, 0.29) is 6.10 Å². The van der Waals surface area contributed by atoms with Crippen LogP contribution in [-0.2, 0) is 6.54 Å². The third kappa shape index (κ3) is 4.44. The minimum absolute atomic E-state index is 0.237. The van der Waals surface area contributed by atoms with E-state index in [1.54, 1.807) is 6.20 Å². The largest absolute Gasteiger partial charge is 0.393 e. The van der Waals surface area contributed by atoms with Crippen molar-refractivity contribution in [3.63, 3.8) is 0 Å². The van der Waals surface area contributed by atoms with E-state index in [9.17, 15) is 5.11 Å². The number of hydrogen-bond donors (Lipinski definition) is 1. The molecule has 0 aliphatic heterocycles. The van der Waals surface area contributed by atoms with Gasteiger partial charge in [0.1, 0.15) is 0 Å². The van der Waals surface area contributed by atoms with Crippen molar-refractivity contribution in [1.82, 2.24) is 9.88 Å². The SMILES string of the molecule is CC(O)CCN(C)Cc1cccc(-c2cccnc2)c1. The van der Waals surface area contributed by atoms with Crippen LogP contribution in [0.15, 0.2) is 48.8 Å². The van der Waals surface area contributed by atoms with Gasteiger partial charge in [0, 0.05) is 25.5 Å². The zero-order valence-electron chi connectivity index (χ0n) is 12.2. The van der Waals surface area contributed by atoms with Gasteiger partial charge in [-0.05, 0) is 49.2 Å². The minimum Gasteiger partial charge on any atom is -0.393 e. The van der Waals surface area contributed by atoms with Gasteiger partial charge < -0.3 is 10.0 Å². The summed E-state index contributed by atoms with van der Waals surface area (Å²) in [5, 5.41) is 9.33. The second-order valence-electron chi connectivity index (χ2n) is 5.32. The molecule has 1 atom stereocenters. The summed E-state index contributed by atoms with van der Waals surface area (Å²) in [7, 11) is 2.08. The van der Waals surface area contributed by atoms with Gasteiger partial charge >= 0.3 is 0 Å². The average Bonchev–Trinajstić information content (AvgIpc) is 2.46. The van der Waals surface area contributed by atoms with Crippen LogP contribution in [0.2, 0.25) is 0 Å². The zero-order chi connectivity index (χ0) is 14.4. The van der Waals surface area contributed by atoms with Gasteiger partial charge in [-0.1, -0.05) is 24.3 Å². The van der Waals surface area contributed by atoms with E-state index in [1.165, 1.54) is 11.1 Å². The molecule has 106 valence electrons. The molecule has 1 N–H and O–H groups in total. The van der Waals surface area contributed by atoms with Crippen molar-refractivity contribution in [3.8, 4) is 11.1 Å². The molecule has 0 aliphatic carbocycles. The van der Waals surface area contributed by atoms with Crippen molar-refractivity contribution < 1.29 is 5.11 Å². The van der Waals surface area contributed by atoms with Crippen LogP contribution >= 0.6 is 0 Å². The minimum atomic E-state index is -0.237. The van der Waals surface area contributed by atoms with E-state index in [0.29, 0.717) is 0 Å². The third-order valence-electron chi connectivity index (χ3n) is 3.30. The van der Waals surface area contributed by atoms with Gasteiger partial charge in [0.25, 0.3) is 0 Å². The number of aromatic nitrogens is 1. The molecule has 0 saturated carbocycles. The quantitative estimate of drug-likeness (QED) is 0.876. The van der Waals surface area contributed by atoms with Crippen LogP contribution in [0.5, 0.6) is 0 Å². The van der Waals surface area contributed by atoms with Gasteiger partial charge in [-0.15, -0.1) is 0 Å². The predicted molar refractivity (Wildman–Crippen MR) is 82.3 cm³/mol. The molecule has 3 heteroatoms. The van der Waals surface area contributed by atoms with Gasteiger partial charge in [0.15, 0.2) is 0 Å². The van der Waals surface area contributed by atoms with E-state index in [4.69, 9.17) is 0 Å². The summed E-state index contributed by atoms with van der Waals surface area (Å²) in [5.41, 5.74) is 3.61. The first kappa shape index (κ1) is 14.7. The zero-order valence-corrected chi connectivity index (χ0v) is 12.2. The Morgan fingerprint density at radius 2 is 2.00 bits per heavy atom. The monoisotopic (exact) mass is 270 g/mol. The number of hydrogen-bond acceptors (Lipinski definition) is 3. The fourth-order valence-electron chi connectivity index (χ4n) is 2.18. The van der Waals surface area contributed by atoms with Crippen molar-refractivity contribution in [2.45, 2.75) is 26.0 Å². The fourth-order valence-corrected chi connectivity index (χ4v) is 2.18. The summed E-state index contributed by atoms with van der Waals surface area (Å²) in [6, 6.07) is 12.6. The van der Waals surface area contributed by atoms with Crippen molar-refractivity contribution in [2.75, 3.05) is 13.6 Å². The Kier molecular flexibility index (Phi) is 5.27. The summed E-state index contributed by atoms with van der Waals surface area (Å²) < 4.78 is 0. The summed E-state index contributed by atoms with van der Waals surface area (Å²) in [6.07, 6.45) is 4.24. The molecule has 0 fully saturated rings. The molecule has 1 heterocycles. The second-order valence-corrected chi connectivity index (χ2v) is 5.32. The van der Waals surface area contributed by atoms with Crippen LogP contribution in [0.3, 0.4) is 0 Å². The predicted octanol–water partition coefficient (Wildman–Crippen LogP) is 2.95. The Bertz CT molecular complexity index is 526. The number of rotatable bonds is 6. The molecule has 0 saturated heterocycles. The van der Waals surface area contributed by atoms with E-state index in [1.807, 2.05) is 19.2 Å². The lowest BCUT2D eigenvalue weighted by molar-refractivity contribution is 0.163. The molecule has 1 unspecified atom stereocenters. The van der Waals surface area contributed by atoms with Gasteiger partial charge in [0.2, 0.25) is 0 Å². The van der Waals surface area contributed by atoms with E-state index >= 15 is 0 Å². The van der Waals surface area contributed by atoms with Gasteiger partial charge in [-0.2, -0.15) is 0 Å². The Hall–Kier alpha value is -1.71. The number of aliphatic hydroxyl groups excluding tert-OH is 1. The Labute approximate surface area is 120 Å². The highest BCUT2D eigenvalue weighted by molar-refractivity contribution is 5.62. The number of pyridine rings is 1. The Balaban J connectivity index is 2.03. The number of benzene rings is 1. The topological polar surface area (TPSA) is 36.4 Å². The molecule has 3 nitrogen and oxygen atoms in total. The molecule has 0 spiro atoms. The molecule has 0 amide bonds. The molecular weight excluding hydrogens is 248 g/mol. The van der Waals surface area contributed by atoms with Crippen LogP contribution in [0.1, 0.15) is 18.9 Å². The molecular formula is C17H22N2O. The standard InChI is InChI=1S/C17H22N2O/c1-14(20)8-10-19(2)13-15-5-3-6-16(11-15)17-7-4-9-18-12-17/h3-7,9,11-12,14,20H,8,10,13H2,1-2H3. The maximum Gasteiger partial charge on any atom is 0.0524 e. The second kappa shape index (κ2) is 7.17. The third-order valence-corrected chi connectivity index (χ3v) is 3.30. The molecule has 0 radical (unpaired) electrons. The maximum atomic E-state index is 9.33. The molecule has 2 rings (SSSR count).